The predicted octanol–water partition coefficient (Wildman–Crippen LogP) is 3.47. The summed E-state index contributed by atoms with van der Waals surface area (Å²) in [6.07, 6.45) is -0.230. The Balaban J connectivity index is 1.48. The predicted molar refractivity (Wildman–Crippen MR) is 116 cm³/mol. The highest BCUT2D eigenvalue weighted by atomic mass is 16.6. The van der Waals surface area contributed by atoms with E-state index in [1.54, 1.807) is 23.1 Å². The Labute approximate surface area is 190 Å². The molecule has 33 heavy (non-hydrogen) atoms. The van der Waals surface area contributed by atoms with E-state index >= 15 is 0 Å². The van der Waals surface area contributed by atoms with E-state index in [1.807, 2.05) is 32.0 Å². The third kappa shape index (κ3) is 3.58. The Morgan fingerprint density at radius 1 is 1.33 bits per heavy atom. The van der Waals surface area contributed by atoms with Crippen LogP contribution in [0.5, 0.6) is 5.75 Å². The molecule has 1 aromatic heterocycles. The number of rotatable bonds is 6. The Bertz CT molecular complexity index is 1260. The number of β-amino-alcohol motifs (C(OH)–C–C–N with tert-alkyl or cyclic N) is 1. The van der Waals surface area contributed by atoms with Crippen molar-refractivity contribution in [3.63, 3.8) is 0 Å². The first kappa shape index (κ1) is 21.0. The first-order chi connectivity index (χ1) is 16.0. The van der Waals surface area contributed by atoms with E-state index in [1.165, 1.54) is 0 Å². The lowest BCUT2D eigenvalue weighted by molar-refractivity contribution is 0.130. The number of aromatic nitrogens is 2. The van der Waals surface area contributed by atoms with Crippen LogP contribution < -0.4 is 4.74 Å². The van der Waals surface area contributed by atoms with Gasteiger partial charge in [0.2, 0.25) is 5.82 Å². The molecule has 1 amide bonds. The largest absolute Gasteiger partial charge is 0.490 e. The van der Waals surface area contributed by atoms with E-state index < -0.39 is 6.09 Å². The van der Waals surface area contributed by atoms with E-state index in [4.69, 9.17) is 14.0 Å². The Hall–Kier alpha value is -3.90. The van der Waals surface area contributed by atoms with E-state index in [-0.39, 0.29) is 31.4 Å². The molecule has 2 heterocycles. The molecule has 0 saturated carbocycles. The van der Waals surface area contributed by atoms with Gasteiger partial charge in [0, 0.05) is 24.1 Å². The molecule has 1 saturated heterocycles. The van der Waals surface area contributed by atoms with Gasteiger partial charge >= 0.3 is 6.09 Å². The number of benzene rings is 2. The van der Waals surface area contributed by atoms with E-state index in [0.29, 0.717) is 35.0 Å². The van der Waals surface area contributed by atoms with Crippen LogP contribution in [0.3, 0.4) is 0 Å². The fourth-order valence-corrected chi connectivity index (χ4v) is 4.51. The van der Waals surface area contributed by atoms with Crippen molar-refractivity contribution in [2.24, 2.45) is 0 Å². The molecule has 0 bridgehead atoms. The quantitative estimate of drug-likeness (QED) is 0.611. The molecule has 5 rings (SSSR count). The molecule has 9 heteroatoms. The number of fused-ring (bicyclic) bond motifs is 3. The van der Waals surface area contributed by atoms with E-state index in [9.17, 15) is 15.2 Å². The van der Waals surface area contributed by atoms with Gasteiger partial charge in [-0.15, -0.1) is 0 Å². The summed E-state index contributed by atoms with van der Waals surface area (Å²) in [7, 11) is 0. The average molecular weight is 446 g/mol. The van der Waals surface area contributed by atoms with Gasteiger partial charge in [-0.05, 0) is 43.2 Å². The van der Waals surface area contributed by atoms with Crippen molar-refractivity contribution >= 4 is 6.09 Å². The highest BCUT2D eigenvalue weighted by molar-refractivity contribution is 5.74. The number of hydrogen-bond acceptors (Lipinski definition) is 8. The average Bonchev–Trinajstić information content (AvgIpc) is 3.49. The zero-order chi connectivity index (χ0) is 23.1. The number of aliphatic hydroxyl groups excluding tert-OH is 1. The second-order valence-corrected chi connectivity index (χ2v) is 8.27. The number of hydrogen-bond donors (Lipinski definition) is 1. The second kappa shape index (κ2) is 8.22. The summed E-state index contributed by atoms with van der Waals surface area (Å²) in [6, 6.07) is 12.8. The number of ether oxygens (including phenoxy) is 2. The summed E-state index contributed by atoms with van der Waals surface area (Å²) < 4.78 is 16.7. The van der Waals surface area contributed by atoms with Crippen LogP contribution in [0.15, 0.2) is 40.9 Å². The van der Waals surface area contributed by atoms with Gasteiger partial charge < -0.3 is 19.1 Å². The lowest BCUT2D eigenvalue weighted by atomic mass is 10.0. The zero-order valence-electron chi connectivity index (χ0n) is 18.2. The maximum atomic E-state index is 12.2. The first-order valence-corrected chi connectivity index (χ1v) is 10.7. The number of nitrogens with zero attached hydrogens (tertiary/aromatic N) is 4. The SMILES string of the molecule is CC(C)Oc1ccc(-c2nc(-c3cccc4c3CC3OC(=O)N(CCO)C43)no2)cc1C#N. The van der Waals surface area contributed by atoms with Gasteiger partial charge in [-0.1, -0.05) is 23.4 Å². The Morgan fingerprint density at radius 3 is 2.94 bits per heavy atom. The molecule has 0 spiro atoms. The molecule has 3 aromatic rings. The molecular weight excluding hydrogens is 424 g/mol. The lowest BCUT2D eigenvalue weighted by Crippen LogP contribution is -2.30. The highest BCUT2D eigenvalue weighted by Crippen LogP contribution is 2.45. The van der Waals surface area contributed by atoms with E-state index in [0.717, 1.165) is 16.7 Å². The van der Waals surface area contributed by atoms with Crippen LogP contribution in [0.2, 0.25) is 0 Å². The molecule has 9 nitrogen and oxygen atoms in total. The summed E-state index contributed by atoms with van der Waals surface area (Å²) in [5.41, 5.74) is 3.77. The third-order valence-corrected chi connectivity index (χ3v) is 5.83. The van der Waals surface area contributed by atoms with Crippen molar-refractivity contribution in [3.8, 4) is 34.7 Å². The molecule has 168 valence electrons. The molecule has 2 aliphatic rings. The molecule has 1 fully saturated rings. The van der Waals surface area contributed by atoms with Gasteiger partial charge in [-0.25, -0.2) is 4.79 Å². The van der Waals surface area contributed by atoms with Crippen molar-refractivity contribution in [2.75, 3.05) is 13.2 Å². The van der Waals surface area contributed by atoms with Crippen LogP contribution in [0, 0.1) is 11.3 Å². The maximum Gasteiger partial charge on any atom is 0.410 e. The van der Waals surface area contributed by atoms with Crippen LogP contribution >= 0.6 is 0 Å². The molecule has 2 aromatic carbocycles. The number of aliphatic hydroxyl groups is 1. The highest BCUT2D eigenvalue weighted by Gasteiger charge is 2.48. The number of carbonyl (C=O) groups is 1. The normalized spacial score (nSPS) is 18.8. The van der Waals surface area contributed by atoms with Crippen LogP contribution in [0.25, 0.3) is 22.8 Å². The molecule has 1 aliphatic carbocycles. The molecular formula is C24H22N4O5. The third-order valence-electron chi connectivity index (χ3n) is 5.83. The monoisotopic (exact) mass is 446 g/mol. The summed E-state index contributed by atoms with van der Waals surface area (Å²) >= 11 is 0. The Morgan fingerprint density at radius 2 is 2.18 bits per heavy atom. The first-order valence-electron chi connectivity index (χ1n) is 10.7. The molecule has 1 N–H and O–H groups in total. The van der Waals surface area contributed by atoms with Crippen LogP contribution in [0.1, 0.15) is 36.6 Å². The van der Waals surface area contributed by atoms with Gasteiger partial charge in [0.15, 0.2) is 0 Å². The minimum atomic E-state index is -0.407. The summed E-state index contributed by atoms with van der Waals surface area (Å²) in [6.45, 7) is 3.88. The van der Waals surface area contributed by atoms with Crippen molar-refractivity contribution in [1.82, 2.24) is 15.0 Å². The minimum absolute atomic E-state index is 0.0507. The molecule has 1 aliphatic heterocycles. The van der Waals surface area contributed by atoms with Crippen LogP contribution in [-0.2, 0) is 11.2 Å². The topological polar surface area (TPSA) is 122 Å². The standard InChI is InChI=1S/C24H22N4O5/c1-13(2)31-19-7-6-14(10-15(19)12-25)23-26-22(27-33-23)17-5-3-4-16-18(17)11-20-21(16)28(8-9-29)24(30)32-20/h3-7,10,13,20-21,29H,8-9,11H2,1-2H3. The van der Waals surface area contributed by atoms with Crippen molar-refractivity contribution in [1.29, 1.82) is 5.26 Å². The number of nitriles is 1. The van der Waals surface area contributed by atoms with Crippen molar-refractivity contribution < 1.29 is 23.9 Å². The molecule has 2 unspecified atom stereocenters. The number of amides is 1. The van der Waals surface area contributed by atoms with Gasteiger partial charge in [0.25, 0.3) is 5.89 Å². The second-order valence-electron chi connectivity index (χ2n) is 8.27. The van der Waals surface area contributed by atoms with Crippen molar-refractivity contribution in [2.45, 2.75) is 38.5 Å². The smallest absolute Gasteiger partial charge is 0.410 e. The minimum Gasteiger partial charge on any atom is -0.490 e. The lowest BCUT2D eigenvalue weighted by Gasteiger charge is -2.20. The molecule has 2 atom stereocenters. The van der Waals surface area contributed by atoms with Gasteiger partial charge in [0.05, 0.1) is 24.3 Å². The fourth-order valence-electron chi connectivity index (χ4n) is 4.51. The maximum absolute atomic E-state index is 12.2. The van der Waals surface area contributed by atoms with E-state index in [2.05, 4.69) is 16.2 Å². The zero-order valence-corrected chi connectivity index (χ0v) is 18.2. The fraction of sp³-hybridized carbons (Fsp3) is 0.333. The van der Waals surface area contributed by atoms with Crippen LogP contribution in [0.4, 0.5) is 4.79 Å². The van der Waals surface area contributed by atoms with Gasteiger partial charge in [0.1, 0.15) is 17.9 Å². The van der Waals surface area contributed by atoms with Gasteiger partial charge in [-0.2, -0.15) is 10.2 Å². The van der Waals surface area contributed by atoms with Crippen LogP contribution in [-0.4, -0.2) is 51.6 Å². The summed E-state index contributed by atoms with van der Waals surface area (Å²) in [5.74, 6) is 1.22. The number of carbonyl (C=O) groups excluding carboxylic acids is 1. The molecule has 0 radical (unpaired) electrons. The summed E-state index contributed by atoms with van der Waals surface area (Å²) in [4.78, 5) is 18.3. The van der Waals surface area contributed by atoms with Crippen molar-refractivity contribution in [3.05, 3.63) is 53.1 Å². The van der Waals surface area contributed by atoms with Gasteiger partial charge in [-0.3, -0.25) is 4.90 Å². The Kier molecular flexibility index (Phi) is 5.23. The summed E-state index contributed by atoms with van der Waals surface area (Å²) in [5, 5.41) is 23.0.